The van der Waals surface area contributed by atoms with Crippen LogP contribution >= 0.6 is 0 Å². The molecule has 27 heavy (non-hydrogen) atoms. The van der Waals surface area contributed by atoms with Crippen LogP contribution < -0.4 is 9.64 Å². The summed E-state index contributed by atoms with van der Waals surface area (Å²) in [4.78, 5) is 37.5. The fourth-order valence-corrected chi connectivity index (χ4v) is 3.07. The molecule has 0 fully saturated rings. The Morgan fingerprint density at radius 3 is 2.48 bits per heavy atom. The summed E-state index contributed by atoms with van der Waals surface area (Å²) in [5.74, 6) is -0.292. The molecule has 0 N–H and O–H groups in total. The highest BCUT2D eigenvalue weighted by Crippen LogP contribution is 2.28. The number of Topliss-reactive ketones (excluding diaryl/α,β-unsaturated/α-hetero) is 1. The quantitative estimate of drug-likeness (QED) is 0.580. The lowest BCUT2D eigenvalue weighted by molar-refractivity contribution is -0.144. The van der Waals surface area contributed by atoms with E-state index in [9.17, 15) is 14.4 Å². The van der Waals surface area contributed by atoms with Crippen molar-refractivity contribution in [3.05, 3.63) is 58.7 Å². The number of nitrogens with zero attached hydrogens (tertiary/aromatic N) is 1. The Bertz CT molecular complexity index is 899. The lowest BCUT2D eigenvalue weighted by Crippen LogP contribution is -2.20. The molecule has 6 nitrogen and oxygen atoms in total. The highest BCUT2D eigenvalue weighted by molar-refractivity contribution is 6.03. The zero-order valence-electron chi connectivity index (χ0n) is 15.6. The SMILES string of the molecule is Cc1cccc(C)c1OCC(=O)OCC(=O)c1ccc2c(c1)CC(=O)N2C. The first-order valence-corrected chi connectivity index (χ1v) is 8.64. The third-order valence-corrected chi connectivity index (χ3v) is 4.59. The lowest BCUT2D eigenvalue weighted by atomic mass is 10.1. The number of fused-ring (bicyclic) bond motifs is 1. The lowest BCUT2D eigenvalue weighted by Gasteiger charge is -2.12. The topological polar surface area (TPSA) is 72.9 Å². The number of benzene rings is 2. The molecule has 1 heterocycles. The number of hydrogen-bond donors (Lipinski definition) is 0. The molecule has 1 aliphatic rings. The number of carbonyl (C=O) groups is 3. The maximum atomic E-state index is 12.3. The Hall–Kier alpha value is -3.15. The molecule has 0 saturated heterocycles. The monoisotopic (exact) mass is 367 g/mol. The van der Waals surface area contributed by atoms with Crippen LogP contribution in [0.5, 0.6) is 5.75 Å². The summed E-state index contributed by atoms with van der Waals surface area (Å²) < 4.78 is 10.6. The van der Waals surface area contributed by atoms with E-state index in [0.717, 1.165) is 22.4 Å². The van der Waals surface area contributed by atoms with Gasteiger partial charge in [-0.2, -0.15) is 0 Å². The van der Waals surface area contributed by atoms with Gasteiger partial charge in [0.2, 0.25) is 5.91 Å². The minimum absolute atomic E-state index is 0.00956. The maximum absolute atomic E-state index is 12.3. The van der Waals surface area contributed by atoms with Crippen LogP contribution in [0.3, 0.4) is 0 Å². The minimum Gasteiger partial charge on any atom is -0.481 e. The zero-order valence-corrected chi connectivity index (χ0v) is 15.6. The Morgan fingerprint density at radius 2 is 1.78 bits per heavy atom. The first-order valence-electron chi connectivity index (χ1n) is 8.64. The molecule has 1 aliphatic heterocycles. The molecule has 1 amide bonds. The summed E-state index contributed by atoms with van der Waals surface area (Å²) in [5, 5.41) is 0. The van der Waals surface area contributed by atoms with E-state index in [4.69, 9.17) is 9.47 Å². The standard InChI is InChI=1S/C21H21NO5/c1-13-5-4-6-14(2)21(13)27-12-20(25)26-11-18(23)15-7-8-17-16(9-15)10-19(24)22(17)3/h4-9H,10-12H2,1-3H3. The Balaban J connectivity index is 1.54. The number of ether oxygens (including phenoxy) is 2. The average Bonchev–Trinajstić information content (AvgIpc) is 2.92. The molecule has 2 aromatic rings. The third-order valence-electron chi connectivity index (χ3n) is 4.59. The first kappa shape index (κ1) is 18.6. The van der Waals surface area contributed by atoms with Gasteiger partial charge in [-0.25, -0.2) is 4.79 Å². The summed E-state index contributed by atoms with van der Waals surface area (Å²) in [6.07, 6.45) is 0.274. The van der Waals surface area contributed by atoms with Crippen LogP contribution in [0.4, 0.5) is 5.69 Å². The molecule has 2 aromatic carbocycles. The number of anilines is 1. The van der Waals surface area contributed by atoms with Gasteiger partial charge in [0.05, 0.1) is 6.42 Å². The molecule has 0 saturated carbocycles. The largest absolute Gasteiger partial charge is 0.481 e. The van der Waals surface area contributed by atoms with Gasteiger partial charge >= 0.3 is 5.97 Å². The van der Waals surface area contributed by atoms with E-state index in [0.29, 0.717) is 11.3 Å². The molecular weight excluding hydrogens is 346 g/mol. The van der Waals surface area contributed by atoms with Crippen molar-refractivity contribution in [2.75, 3.05) is 25.2 Å². The molecule has 0 atom stereocenters. The van der Waals surface area contributed by atoms with E-state index < -0.39 is 5.97 Å². The van der Waals surface area contributed by atoms with Crippen molar-refractivity contribution in [2.45, 2.75) is 20.3 Å². The Labute approximate surface area is 157 Å². The van der Waals surface area contributed by atoms with Crippen LogP contribution in [0, 0.1) is 13.8 Å². The number of aryl methyl sites for hydroxylation is 2. The second-order valence-electron chi connectivity index (χ2n) is 6.57. The van der Waals surface area contributed by atoms with Gasteiger partial charge in [0, 0.05) is 18.3 Å². The molecule has 140 valence electrons. The Morgan fingerprint density at radius 1 is 1.07 bits per heavy atom. The first-order chi connectivity index (χ1) is 12.9. The molecule has 0 spiro atoms. The van der Waals surface area contributed by atoms with E-state index >= 15 is 0 Å². The van der Waals surface area contributed by atoms with Crippen molar-refractivity contribution >= 4 is 23.3 Å². The van der Waals surface area contributed by atoms with Gasteiger partial charge in [0.15, 0.2) is 19.0 Å². The van der Waals surface area contributed by atoms with E-state index in [1.54, 1.807) is 30.1 Å². The fraction of sp³-hybridized carbons (Fsp3) is 0.286. The number of amides is 1. The summed E-state index contributed by atoms with van der Waals surface area (Å²) in [6, 6.07) is 10.8. The van der Waals surface area contributed by atoms with Gasteiger partial charge < -0.3 is 14.4 Å². The summed E-state index contributed by atoms with van der Waals surface area (Å²) in [5.41, 5.74) is 3.88. The molecule has 0 unspecified atom stereocenters. The zero-order chi connectivity index (χ0) is 19.6. The number of hydrogen-bond acceptors (Lipinski definition) is 5. The van der Waals surface area contributed by atoms with Crippen LogP contribution in [-0.2, 0) is 20.7 Å². The van der Waals surface area contributed by atoms with Crippen molar-refractivity contribution in [3.8, 4) is 5.75 Å². The highest BCUT2D eigenvalue weighted by Gasteiger charge is 2.25. The fourth-order valence-electron chi connectivity index (χ4n) is 3.07. The van der Waals surface area contributed by atoms with Gasteiger partial charge in [-0.15, -0.1) is 0 Å². The van der Waals surface area contributed by atoms with Crippen molar-refractivity contribution in [2.24, 2.45) is 0 Å². The van der Waals surface area contributed by atoms with E-state index in [1.165, 1.54) is 0 Å². The van der Waals surface area contributed by atoms with Gasteiger partial charge in [0.25, 0.3) is 0 Å². The number of para-hydroxylation sites is 1. The number of carbonyl (C=O) groups excluding carboxylic acids is 3. The predicted octanol–water partition coefficient (Wildman–Crippen LogP) is 2.63. The normalized spacial score (nSPS) is 12.7. The molecule has 0 aliphatic carbocycles. The number of ketones is 1. The summed E-state index contributed by atoms with van der Waals surface area (Å²) in [6.45, 7) is 3.17. The van der Waals surface area contributed by atoms with Crippen LogP contribution in [0.1, 0.15) is 27.0 Å². The van der Waals surface area contributed by atoms with Gasteiger partial charge in [-0.1, -0.05) is 18.2 Å². The highest BCUT2D eigenvalue weighted by atomic mass is 16.6. The van der Waals surface area contributed by atoms with E-state index in [2.05, 4.69) is 0 Å². The number of likely N-dealkylation sites (N-methyl/N-ethyl adjacent to an activating group) is 1. The van der Waals surface area contributed by atoms with Gasteiger partial charge in [0.1, 0.15) is 5.75 Å². The van der Waals surface area contributed by atoms with Crippen LogP contribution in [0.15, 0.2) is 36.4 Å². The molecular formula is C21H21NO5. The van der Waals surface area contributed by atoms with Crippen molar-refractivity contribution in [3.63, 3.8) is 0 Å². The van der Waals surface area contributed by atoms with Crippen LogP contribution in [0.2, 0.25) is 0 Å². The number of rotatable bonds is 6. The van der Waals surface area contributed by atoms with Crippen molar-refractivity contribution in [1.29, 1.82) is 0 Å². The van der Waals surface area contributed by atoms with E-state index in [-0.39, 0.29) is 31.3 Å². The maximum Gasteiger partial charge on any atom is 0.344 e. The molecule has 6 heteroatoms. The predicted molar refractivity (Wildman–Crippen MR) is 100 cm³/mol. The number of esters is 1. The van der Waals surface area contributed by atoms with Crippen LogP contribution in [-0.4, -0.2) is 37.9 Å². The van der Waals surface area contributed by atoms with Gasteiger partial charge in [-0.05, 0) is 48.7 Å². The Kier molecular flexibility index (Phi) is 5.26. The molecule has 0 aromatic heterocycles. The van der Waals surface area contributed by atoms with Crippen molar-refractivity contribution in [1.82, 2.24) is 0 Å². The third kappa shape index (κ3) is 4.00. The summed E-state index contributed by atoms with van der Waals surface area (Å²) in [7, 11) is 1.70. The van der Waals surface area contributed by atoms with E-state index in [1.807, 2.05) is 32.0 Å². The average molecular weight is 367 g/mol. The molecule has 0 bridgehead atoms. The molecule has 3 rings (SSSR count). The molecule has 0 radical (unpaired) electrons. The van der Waals surface area contributed by atoms with Crippen molar-refractivity contribution < 1.29 is 23.9 Å². The second kappa shape index (κ2) is 7.61. The second-order valence-corrected chi connectivity index (χ2v) is 6.57. The summed E-state index contributed by atoms with van der Waals surface area (Å²) >= 11 is 0. The smallest absolute Gasteiger partial charge is 0.344 e. The minimum atomic E-state index is -0.609. The van der Waals surface area contributed by atoms with Gasteiger partial charge in [-0.3, -0.25) is 9.59 Å². The van der Waals surface area contributed by atoms with Crippen LogP contribution in [0.25, 0.3) is 0 Å².